The van der Waals surface area contributed by atoms with Crippen molar-refractivity contribution in [2.24, 2.45) is 0 Å². The van der Waals surface area contributed by atoms with Crippen molar-refractivity contribution in [3.8, 4) is 5.75 Å². The molecule has 0 aliphatic heterocycles. The molecule has 3 rings (SSSR count). The Morgan fingerprint density at radius 1 is 1.12 bits per heavy atom. The van der Waals surface area contributed by atoms with Gasteiger partial charge in [0.1, 0.15) is 10.8 Å². The summed E-state index contributed by atoms with van der Waals surface area (Å²) in [6.45, 7) is 0.367. The molecule has 0 unspecified atom stereocenters. The summed E-state index contributed by atoms with van der Waals surface area (Å²) in [4.78, 5) is 17.4. The molecular weight excluding hydrogens is 356 g/mol. The van der Waals surface area contributed by atoms with Gasteiger partial charge in [0.05, 0.1) is 6.54 Å². The normalized spacial score (nSPS) is 10.4. The number of ether oxygens (including phenoxy) is 1. The molecule has 4 nitrogen and oxygen atoms in total. The van der Waals surface area contributed by atoms with Gasteiger partial charge in [-0.1, -0.05) is 41.9 Å². The minimum Gasteiger partial charge on any atom is -0.484 e. The molecule has 1 amide bonds. The number of carbonyl (C=O) groups is 1. The lowest BCUT2D eigenvalue weighted by molar-refractivity contribution is -0.123. The van der Waals surface area contributed by atoms with E-state index < -0.39 is 0 Å². The summed E-state index contributed by atoms with van der Waals surface area (Å²) < 4.78 is 5.41. The topological polar surface area (TPSA) is 51.2 Å². The summed E-state index contributed by atoms with van der Waals surface area (Å²) in [5, 5.41) is 4.33. The van der Waals surface area contributed by atoms with Gasteiger partial charge in [-0.3, -0.25) is 4.79 Å². The van der Waals surface area contributed by atoms with Crippen LogP contribution in [0.25, 0.3) is 0 Å². The fourth-order valence-corrected chi connectivity index (χ4v) is 3.24. The molecule has 0 saturated carbocycles. The molecule has 6 heteroatoms. The second kappa shape index (κ2) is 8.65. The average Bonchev–Trinajstić information content (AvgIpc) is 3.08. The van der Waals surface area contributed by atoms with Gasteiger partial charge >= 0.3 is 0 Å². The van der Waals surface area contributed by atoms with Gasteiger partial charge in [-0.25, -0.2) is 4.98 Å². The van der Waals surface area contributed by atoms with E-state index in [2.05, 4.69) is 22.4 Å². The molecule has 0 atom stereocenters. The highest BCUT2D eigenvalue weighted by Crippen LogP contribution is 2.17. The Labute approximate surface area is 155 Å². The van der Waals surface area contributed by atoms with E-state index in [1.54, 1.807) is 35.6 Å². The lowest BCUT2D eigenvalue weighted by Gasteiger charge is -2.06. The quantitative estimate of drug-likeness (QED) is 0.679. The molecule has 2 aromatic carbocycles. The molecule has 0 radical (unpaired) electrons. The van der Waals surface area contributed by atoms with E-state index in [4.69, 9.17) is 16.3 Å². The van der Waals surface area contributed by atoms with Crippen LogP contribution in [0.5, 0.6) is 5.75 Å². The first-order valence-corrected chi connectivity index (χ1v) is 9.01. The number of benzene rings is 2. The molecular formula is C19H17ClN2O2S. The molecule has 1 aromatic heterocycles. The van der Waals surface area contributed by atoms with E-state index in [1.165, 1.54) is 10.4 Å². The first-order valence-electron chi connectivity index (χ1n) is 7.81. The van der Waals surface area contributed by atoms with Gasteiger partial charge in [0.15, 0.2) is 6.61 Å². The summed E-state index contributed by atoms with van der Waals surface area (Å²) in [6, 6.07) is 17.1. The van der Waals surface area contributed by atoms with Crippen LogP contribution in [0.1, 0.15) is 15.4 Å². The number of halogens is 1. The molecule has 25 heavy (non-hydrogen) atoms. The van der Waals surface area contributed by atoms with Gasteiger partial charge in [-0.05, 0) is 29.8 Å². The van der Waals surface area contributed by atoms with Crippen molar-refractivity contribution >= 4 is 28.8 Å². The Morgan fingerprint density at radius 2 is 1.88 bits per heavy atom. The van der Waals surface area contributed by atoms with Crippen molar-refractivity contribution in [1.29, 1.82) is 0 Å². The number of hydrogen-bond donors (Lipinski definition) is 1. The monoisotopic (exact) mass is 372 g/mol. The molecule has 0 aliphatic carbocycles. The third kappa shape index (κ3) is 5.59. The van der Waals surface area contributed by atoms with Crippen molar-refractivity contribution in [3.63, 3.8) is 0 Å². The van der Waals surface area contributed by atoms with Gasteiger partial charge in [-0.15, -0.1) is 11.3 Å². The van der Waals surface area contributed by atoms with Gasteiger partial charge in [-0.2, -0.15) is 0 Å². The van der Waals surface area contributed by atoms with E-state index in [0.717, 1.165) is 11.4 Å². The highest BCUT2D eigenvalue weighted by molar-refractivity contribution is 7.11. The Kier molecular flexibility index (Phi) is 6.04. The number of nitrogens with zero attached hydrogens (tertiary/aromatic N) is 1. The minimum atomic E-state index is -0.185. The fourth-order valence-electron chi connectivity index (χ4n) is 2.21. The lowest BCUT2D eigenvalue weighted by Crippen LogP contribution is -2.28. The summed E-state index contributed by atoms with van der Waals surface area (Å²) in [7, 11) is 0. The van der Waals surface area contributed by atoms with Crippen LogP contribution in [0.4, 0.5) is 0 Å². The van der Waals surface area contributed by atoms with E-state index >= 15 is 0 Å². The summed E-state index contributed by atoms with van der Waals surface area (Å²) >= 11 is 7.41. The first kappa shape index (κ1) is 17.5. The van der Waals surface area contributed by atoms with E-state index in [9.17, 15) is 4.79 Å². The van der Waals surface area contributed by atoms with E-state index in [1.807, 2.05) is 24.4 Å². The molecule has 1 N–H and O–H groups in total. The molecule has 3 aromatic rings. The summed E-state index contributed by atoms with van der Waals surface area (Å²) in [5.41, 5.74) is 1.25. The molecule has 0 bridgehead atoms. The minimum absolute atomic E-state index is 0.0378. The van der Waals surface area contributed by atoms with E-state index in [-0.39, 0.29) is 12.5 Å². The average molecular weight is 373 g/mol. The maximum atomic E-state index is 11.9. The molecule has 1 heterocycles. The zero-order chi connectivity index (χ0) is 17.5. The standard InChI is InChI=1S/C19H17ClN2O2S/c20-15-6-8-16(9-7-15)24-13-18(23)21-12-19-22-11-17(25-19)10-14-4-2-1-3-5-14/h1-9,11H,10,12-13H2,(H,21,23). The highest BCUT2D eigenvalue weighted by Gasteiger charge is 2.07. The Morgan fingerprint density at radius 3 is 2.64 bits per heavy atom. The van der Waals surface area contributed by atoms with Crippen LogP contribution in [0.2, 0.25) is 5.02 Å². The van der Waals surface area contributed by atoms with Crippen molar-refractivity contribution in [2.45, 2.75) is 13.0 Å². The van der Waals surface area contributed by atoms with Gasteiger partial charge in [0.25, 0.3) is 5.91 Å². The van der Waals surface area contributed by atoms with Crippen LogP contribution < -0.4 is 10.1 Å². The molecule has 0 fully saturated rings. The fraction of sp³-hybridized carbons (Fsp3) is 0.158. The smallest absolute Gasteiger partial charge is 0.258 e. The Hall–Kier alpha value is -2.37. The van der Waals surface area contributed by atoms with Crippen molar-refractivity contribution in [2.75, 3.05) is 6.61 Å². The number of amides is 1. The number of aromatic nitrogens is 1. The number of rotatable bonds is 7. The molecule has 128 valence electrons. The Balaban J connectivity index is 1.43. The third-order valence-corrected chi connectivity index (χ3v) is 4.69. The zero-order valence-electron chi connectivity index (χ0n) is 13.4. The van der Waals surface area contributed by atoms with E-state index in [0.29, 0.717) is 17.3 Å². The van der Waals surface area contributed by atoms with Crippen LogP contribution in [-0.4, -0.2) is 17.5 Å². The molecule has 0 spiro atoms. The van der Waals surface area contributed by atoms with Gasteiger partial charge < -0.3 is 10.1 Å². The number of nitrogens with one attached hydrogen (secondary N) is 1. The van der Waals surface area contributed by atoms with Crippen LogP contribution in [-0.2, 0) is 17.8 Å². The van der Waals surface area contributed by atoms with Crippen molar-refractivity contribution < 1.29 is 9.53 Å². The number of thiazole rings is 1. The van der Waals surface area contributed by atoms with Gasteiger partial charge in [0, 0.05) is 22.5 Å². The predicted molar refractivity (Wildman–Crippen MR) is 100 cm³/mol. The zero-order valence-corrected chi connectivity index (χ0v) is 15.0. The summed E-state index contributed by atoms with van der Waals surface area (Å²) in [6.07, 6.45) is 2.72. The van der Waals surface area contributed by atoms with Crippen LogP contribution in [0.15, 0.2) is 60.8 Å². The van der Waals surface area contributed by atoms with Crippen LogP contribution in [0, 0.1) is 0 Å². The van der Waals surface area contributed by atoms with Gasteiger partial charge in [0.2, 0.25) is 0 Å². The highest BCUT2D eigenvalue weighted by atomic mass is 35.5. The second-order valence-electron chi connectivity index (χ2n) is 5.40. The SMILES string of the molecule is O=C(COc1ccc(Cl)cc1)NCc1ncc(Cc2ccccc2)s1. The van der Waals surface area contributed by atoms with Crippen molar-refractivity contribution in [3.05, 3.63) is 81.3 Å². The maximum absolute atomic E-state index is 11.9. The van der Waals surface area contributed by atoms with Crippen LogP contribution >= 0.6 is 22.9 Å². The second-order valence-corrected chi connectivity index (χ2v) is 7.04. The largest absolute Gasteiger partial charge is 0.484 e. The predicted octanol–water partition coefficient (Wildman–Crippen LogP) is 4.08. The van der Waals surface area contributed by atoms with Crippen molar-refractivity contribution in [1.82, 2.24) is 10.3 Å². The molecule has 0 saturated heterocycles. The third-order valence-electron chi connectivity index (χ3n) is 3.44. The maximum Gasteiger partial charge on any atom is 0.258 e. The van der Waals surface area contributed by atoms with Crippen LogP contribution in [0.3, 0.4) is 0 Å². The molecule has 0 aliphatic rings. The lowest BCUT2D eigenvalue weighted by atomic mass is 10.1. The first-order chi connectivity index (χ1) is 12.2. The number of hydrogen-bond acceptors (Lipinski definition) is 4. The Bertz CT molecular complexity index is 819. The number of carbonyl (C=O) groups excluding carboxylic acids is 1. The summed E-state index contributed by atoms with van der Waals surface area (Å²) in [5.74, 6) is 0.425.